The van der Waals surface area contributed by atoms with Crippen LogP contribution >= 0.6 is 11.6 Å². The molecule has 192 valence electrons. The number of hydrogen-bond acceptors (Lipinski definition) is 7. The van der Waals surface area contributed by atoms with Crippen LogP contribution in [0.2, 0.25) is 5.02 Å². The Morgan fingerprint density at radius 1 is 1.08 bits per heavy atom. The number of carbonyl (C=O) groups is 1. The van der Waals surface area contributed by atoms with Gasteiger partial charge in [-0.1, -0.05) is 29.8 Å². The number of aromatic hydroxyl groups is 1. The molecule has 0 amide bonds. The van der Waals surface area contributed by atoms with E-state index >= 15 is 0 Å². The molecule has 3 rings (SSSR count). The van der Waals surface area contributed by atoms with E-state index < -0.39 is 22.1 Å². The number of benzene rings is 3. The van der Waals surface area contributed by atoms with Crippen molar-refractivity contribution in [1.82, 2.24) is 5.32 Å². The van der Waals surface area contributed by atoms with E-state index in [0.717, 1.165) is 22.9 Å². The number of aromatic carboxylic acids is 1. The highest BCUT2D eigenvalue weighted by molar-refractivity contribution is 7.92. The molecule has 0 heterocycles. The highest BCUT2D eigenvalue weighted by Crippen LogP contribution is 2.34. The monoisotopic (exact) mass is 534 g/mol. The average Bonchev–Trinajstić information content (AvgIpc) is 2.80. The molecule has 0 aliphatic carbocycles. The van der Waals surface area contributed by atoms with Crippen molar-refractivity contribution in [2.75, 3.05) is 30.7 Å². The van der Waals surface area contributed by atoms with Gasteiger partial charge in [0.1, 0.15) is 18.1 Å². The van der Waals surface area contributed by atoms with Crippen LogP contribution in [0.1, 0.15) is 27.6 Å². The highest BCUT2D eigenvalue weighted by Gasteiger charge is 2.14. The second kappa shape index (κ2) is 11.6. The van der Waals surface area contributed by atoms with Crippen molar-refractivity contribution in [3.05, 3.63) is 76.3 Å². The lowest BCUT2D eigenvalue weighted by atomic mass is 10.0. The van der Waals surface area contributed by atoms with Crippen LogP contribution in [0, 0.1) is 6.92 Å². The number of phenols is 1. The number of aliphatic hydroxyl groups excluding tert-OH is 1. The molecule has 3 aromatic carbocycles. The zero-order valence-corrected chi connectivity index (χ0v) is 21.2. The zero-order chi connectivity index (χ0) is 26.5. The van der Waals surface area contributed by atoms with Gasteiger partial charge in [0.05, 0.1) is 28.6 Å². The molecule has 3 aromatic rings. The summed E-state index contributed by atoms with van der Waals surface area (Å²) in [4.78, 5) is 11.0. The second-order valence-corrected chi connectivity index (χ2v) is 10.4. The first-order chi connectivity index (χ1) is 16.9. The van der Waals surface area contributed by atoms with E-state index in [1.54, 1.807) is 18.2 Å². The van der Waals surface area contributed by atoms with Crippen LogP contribution in [0.4, 0.5) is 5.69 Å². The van der Waals surface area contributed by atoms with Crippen LogP contribution in [0.25, 0.3) is 11.1 Å². The summed E-state index contributed by atoms with van der Waals surface area (Å²) in [5.41, 5.74) is 3.10. The number of hydrogen-bond donors (Lipinski definition) is 5. The maximum Gasteiger partial charge on any atom is 0.335 e. The first-order valence-electron chi connectivity index (χ1n) is 10.9. The van der Waals surface area contributed by atoms with Crippen LogP contribution in [-0.2, 0) is 10.0 Å². The number of rotatable bonds is 11. The molecule has 1 atom stereocenters. The fraction of sp³-hybridized carbons (Fsp3) is 0.240. The molecular formula is C25H27ClN2O7S. The fourth-order valence-electron chi connectivity index (χ4n) is 3.51. The van der Waals surface area contributed by atoms with E-state index in [0.29, 0.717) is 22.9 Å². The Morgan fingerprint density at radius 3 is 2.39 bits per heavy atom. The van der Waals surface area contributed by atoms with Crippen molar-refractivity contribution in [1.29, 1.82) is 0 Å². The van der Waals surface area contributed by atoms with E-state index in [2.05, 4.69) is 10.0 Å². The predicted molar refractivity (Wildman–Crippen MR) is 138 cm³/mol. The van der Waals surface area contributed by atoms with E-state index in [1.807, 2.05) is 13.0 Å². The number of nitrogens with one attached hydrogen (secondary N) is 2. The van der Waals surface area contributed by atoms with Gasteiger partial charge in [-0.2, -0.15) is 0 Å². The van der Waals surface area contributed by atoms with Gasteiger partial charge in [0.15, 0.2) is 0 Å². The molecule has 0 saturated heterocycles. The normalized spacial score (nSPS) is 12.2. The number of ether oxygens (including phenoxy) is 1. The van der Waals surface area contributed by atoms with Gasteiger partial charge in [0.25, 0.3) is 0 Å². The van der Waals surface area contributed by atoms with Crippen LogP contribution < -0.4 is 14.8 Å². The van der Waals surface area contributed by atoms with Crippen LogP contribution in [-0.4, -0.2) is 55.7 Å². The largest absolute Gasteiger partial charge is 0.506 e. The number of carboxylic acid groups (broad SMARTS) is 1. The molecule has 0 aliphatic heterocycles. The average molecular weight is 535 g/mol. The Kier molecular flexibility index (Phi) is 8.80. The van der Waals surface area contributed by atoms with Crippen molar-refractivity contribution in [2.24, 2.45) is 0 Å². The van der Waals surface area contributed by atoms with Crippen molar-refractivity contribution in [3.8, 4) is 22.6 Å². The molecule has 0 radical (unpaired) electrons. The van der Waals surface area contributed by atoms with Gasteiger partial charge in [0, 0.05) is 13.1 Å². The number of phenolic OH excluding ortho intramolecular Hbond substituents is 1. The summed E-state index contributed by atoms with van der Waals surface area (Å²) in [5.74, 6) is -0.703. The number of halogens is 1. The lowest BCUT2D eigenvalue weighted by Gasteiger charge is -2.16. The number of anilines is 1. The molecule has 0 unspecified atom stereocenters. The highest BCUT2D eigenvalue weighted by atomic mass is 35.5. The summed E-state index contributed by atoms with van der Waals surface area (Å²) < 4.78 is 30.9. The molecule has 0 aliphatic rings. The maximum atomic E-state index is 11.4. The van der Waals surface area contributed by atoms with Crippen molar-refractivity contribution in [2.45, 2.75) is 13.0 Å². The van der Waals surface area contributed by atoms with Gasteiger partial charge >= 0.3 is 5.97 Å². The first-order valence-corrected chi connectivity index (χ1v) is 13.2. The smallest absolute Gasteiger partial charge is 0.335 e. The van der Waals surface area contributed by atoms with Crippen molar-refractivity contribution >= 4 is 33.3 Å². The molecule has 0 bridgehead atoms. The van der Waals surface area contributed by atoms with Gasteiger partial charge in [0.2, 0.25) is 10.0 Å². The van der Waals surface area contributed by atoms with Gasteiger partial charge in [-0.05, 0) is 65.6 Å². The number of aliphatic hydroxyl groups is 1. The van der Waals surface area contributed by atoms with Crippen molar-refractivity contribution < 1.29 is 33.3 Å². The van der Waals surface area contributed by atoms with Gasteiger partial charge < -0.3 is 25.4 Å². The van der Waals surface area contributed by atoms with Crippen LogP contribution in [0.5, 0.6) is 11.5 Å². The van der Waals surface area contributed by atoms with Gasteiger partial charge in [-0.3, -0.25) is 4.72 Å². The molecule has 0 spiro atoms. The van der Waals surface area contributed by atoms with Crippen LogP contribution in [0.3, 0.4) is 0 Å². The molecule has 0 aromatic heterocycles. The minimum absolute atomic E-state index is 0.0104. The van der Waals surface area contributed by atoms with Crippen molar-refractivity contribution in [3.63, 3.8) is 0 Å². The summed E-state index contributed by atoms with van der Waals surface area (Å²) >= 11 is 6.43. The number of sulfonamides is 1. The Morgan fingerprint density at radius 2 is 1.78 bits per heavy atom. The third kappa shape index (κ3) is 7.34. The molecule has 0 saturated carbocycles. The summed E-state index contributed by atoms with van der Waals surface area (Å²) in [6.07, 6.45) is 0.0276. The summed E-state index contributed by atoms with van der Waals surface area (Å²) in [6, 6.07) is 14.4. The standard InChI is InChI=1S/C25H27ClN2O7S/c1-15-11-19(16-3-5-17(6-4-16)25(31)32)12-20(26)24(15)35-10-9-27-14-23(30)18-7-8-22(29)21(13-18)28-36(2,33)34/h3-8,11-13,23,27-30H,9-10,14H2,1-2H3,(H,31,32)/t23-/m0/s1. The molecule has 36 heavy (non-hydrogen) atoms. The van der Waals surface area contributed by atoms with E-state index in [-0.39, 0.29) is 30.2 Å². The lowest BCUT2D eigenvalue weighted by molar-refractivity contribution is 0.0697. The number of aryl methyl sites for hydroxylation is 1. The van der Waals surface area contributed by atoms with E-state index in [1.165, 1.54) is 30.3 Å². The van der Waals surface area contributed by atoms with E-state index in [4.69, 9.17) is 21.4 Å². The van der Waals surface area contributed by atoms with Gasteiger partial charge in [-0.25, -0.2) is 13.2 Å². The van der Waals surface area contributed by atoms with Crippen LogP contribution in [0.15, 0.2) is 54.6 Å². The molecule has 9 nitrogen and oxygen atoms in total. The molecule has 0 fully saturated rings. The zero-order valence-electron chi connectivity index (χ0n) is 19.7. The Bertz CT molecular complexity index is 1320. The fourth-order valence-corrected chi connectivity index (χ4v) is 4.39. The lowest BCUT2D eigenvalue weighted by Crippen LogP contribution is -2.26. The molecule has 11 heteroatoms. The molecular weight excluding hydrogens is 508 g/mol. The quantitative estimate of drug-likeness (QED) is 0.184. The third-order valence-corrected chi connectivity index (χ3v) is 6.13. The summed E-state index contributed by atoms with van der Waals surface area (Å²) in [7, 11) is -3.58. The topological polar surface area (TPSA) is 145 Å². The summed E-state index contributed by atoms with van der Waals surface area (Å²) in [6.45, 7) is 2.71. The number of carboxylic acids is 1. The Labute approximate surface area is 214 Å². The first kappa shape index (κ1) is 27.3. The molecule has 5 N–H and O–H groups in total. The minimum Gasteiger partial charge on any atom is -0.506 e. The van der Waals surface area contributed by atoms with Gasteiger partial charge in [-0.15, -0.1) is 0 Å². The van der Waals surface area contributed by atoms with E-state index in [9.17, 15) is 23.4 Å². The summed E-state index contributed by atoms with van der Waals surface area (Å²) in [5, 5.41) is 32.8. The SMILES string of the molecule is Cc1cc(-c2ccc(C(=O)O)cc2)cc(Cl)c1OCCNC[C@H](O)c1ccc(O)c(NS(C)(=O)=O)c1. The maximum absolute atomic E-state index is 11.4. The minimum atomic E-state index is -3.58. The third-order valence-electron chi connectivity index (χ3n) is 5.26. The Balaban J connectivity index is 1.54. The predicted octanol–water partition coefficient (Wildman–Crippen LogP) is 3.79. The Hall–Kier alpha value is -3.31. The second-order valence-electron chi connectivity index (χ2n) is 8.21.